The third-order valence-corrected chi connectivity index (χ3v) is 5.13. The summed E-state index contributed by atoms with van der Waals surface area (Å²) in [4.78, 5) is 28.3. The number of piperazine rings is 1. The largest absolute Gasteiger partial charge is 0.452 e. The van der Waals surface area contributed by atoms with Gasteiger partial charge in [-0.1, -0.05) is 53.5 Å². The molecule has 0 atom stereocenters. The van der Waals surface area contributed by atoms with E-state index in [0.717, 1.165) is 31.8 Å². The maximum Gasteiger partial charge on any atom is 0.340 e. The summed E-state index contributed by atoms with van der Waals surface area (Å²) in [6, 6.07) is 12.2. The summed E-state index contributed by atoms with van der Waals surface area (Å²) in [5.74, 6) is -1.94. The Morgan fingerprint density at radius 3 is 2.36 bits per heavy atom. The molecule has 1 saturated heterocycles. The van der Waals surface area contributed by atoms with Crippen LogP contribution in [0.2, 0.25) is 10.0 Å². The molecule has 2 aromatic carbocycles. The number of carbonyl (C=O) groups excluding carboxylic acids is 2. The van der Waals surface area contributed by atoms with Crippen LogP contribution in [0.5, 0.6) is 0 Å². The monoisotopic (exact) mass is 424 g/mol. The van der Waals surface area contributed by atoms with Crippen LogP contribution in [-0.4, -0.2) is 54.5 Å². The van der Waals surface area contributed by atoms with E-state index >= 15 is 0 Å². The fourth-order valence-corrected chi connectivity index (χ4v) is 3.43. The van der Waals surface area contributed by atoms with E-state index in [2.05, 4.69) is 17.0 Å². The number of esters is 1. The van der Waals surface area contributed by atoms with Crippen molar-refractivity contribution in [2.45, 2.75) is 6.54 Å². The first-order valence-electron chi connectivity index (χ1n) is 8.80. The van der Waals surface area contributed by atoms with Crippen LogP contribution in [0.3, 0.4) is 0 Å². The highest BCUT2D eigenvalue weighted by Gasteiger charge is 2.23. The normalized spacial score (nSPS) is 14.8. The van der Waals surface area contributed by atoms with Crippen molar-refractivity contribution in [3.05, 3.63) is 69.5 Å². The van der Waals surface area contributed by atoms with Gasteiger partial charge in [-0.25, -0.2) is 9.18 Å². The van der Waals surface area contributed by atoms with E-state index in [1.165, 1.54) is 5.56 Å². The molecule has 0 N–H and O–H groups in total. The molecule has 148 valence electrons. The second kappa shape index (κ2) is 9.37. The van der Waals surface area contributed by atoms with Crippen LogP contribution >= 0.6 is 23.2 Å². The lowest BCUT2D eigenvalue weighted by Crippen LogP contribution is -2.49. The van der Waals surface area contributed by atoms with Gasteiger partial charge >= 0.3 is 5.97 Å². The van der Waals surface area contributed by atoms with Gasteiger partial charge in [0.1, 0.15) is 5.82 Å². The van der Waals surface area contributed by atoms with Crippen LogP contribution < -0.4 is 0 Å². The molecule has 5 nitrogen and oxygen atoms in total. The Hall–Kier alpha value is -2.15. The molecule has 8 heteroatoms. The van der Waals surface area contributed by atoms with E-state index in [-0.39, 0.29) is 21.5 Å². The molecule has 0 bridgehead atoms. The molecule has 0 unspecified atom stereocenters. The molecule has 1 aliphatic heterocycles. The minimum absolute atomic E-state index is 0.0293. The van der Waals surface area contributed by atoms with Crippen molar-refractivity contribution in [3.8, 4) is 0 Å². The van der Waals surface area contributed by atoms with Gasteiger partial charge in [-0.2, -0.15) is 0 Å². The Morgan fingerprint density at radius 2 is 1.68 bits per heavy atom. The van der Waals surface area contributed by atoms with E-state index in [1.807, 2.05) is 18.2 Å². The molecule has 0 aromatic heterocycles. The zero-order valence-corrected chi connectivity index (χ0v) is 16.5. The van der Waals surface area contributed by atoms with E-state index in [4.69, 9.17) is 27.9 Å². The van der Waals surface area contributed by atoms with Gasteiger partial charge in [0.25, 0.3) is 5.91 Å². The molecule has 3 rings (SSSR count). The van der Waals surface area contributed by atoms with Crippen molar-refractivity contribution in [1.29, 1.82) is 0 Å². The fraction of sp³-hybridized carbons (Fsp3) is 0.300. The highest BCUT2D eigenvalue weighted by molar-refractivity contribution is 6.36. The first kappa shape index (κ1) is 20.6. The van der Waals surface area contributed by atoms with Gasteiger partial charge in [0.15, 0.2) is 6.61 Å². The van der Waals surface area contributed by atoms with Gasteiger partial charge < -0.3 is 9.64 Å². The van der Waals surface area contributed by atoms with Gasteiger partial charge in [0.05, 0.1) is 15.6 Å². The van der Waals surface area contributed by atoms with E-state index in [9.17, 15) is 14.0 Å². The molecule has 0 saturated carbocycles. The number of halogens is 3. The van der Waals surface area contributed by atoms with Crippen LogP contribution in [0.15, 0.2) is 42.5 Å². The predicted molar refractivity (Wildman–Crippen MR) is 105 cm³/mol. The number of hydrogen-bond donors (Lipinski definition) is 0. The van der Waals surface area contributed by atoms with Crippen LogP contribution in [0.4, 0.5) is 4.39 Å². The number of carbonyl (C=O) groups is 2. The Labute approximate surface area is 172 Å². The molecule has 1 fully saturated rings. The molecule has 0 radical (unpaired) electrons. The Morgan fingerprint density at radius 1 is 1.00 bits per heavy atom. The molecule has 1 heterocycles. The number of nitrogens with zero attached hydrogens (tertiary/aromatic N) is 2. The first-order chi connectivity index (χ1) is 13.4. The number of rotatable bonds is 5. The summed E-state index contributed by atoms with van der Waals surface area (Å²) in [5.41, 5.74) is 1.06. The van der Waals surface area contributed by atoms with E-state index in [1.54, 1.807) is 4.90 Å². The summed E-state index contributed by atoms with van der Waals surface area (Å²) in [6.45, 7) is 3.00. The average Bonchev–Trinajstić information content (AvgIpc) is 2.70. The molecule has 2 aromatic rings. The Balaban J connectivity index is 1.47. The Bertz CT molecular complexity index is 856. The number of amides is 1. The fourth-order valence-electron chi connectivity index (χ4n) is 2.97. The molecule has 0 spiro atoms. The first-order valence-corrected chi connectivity index (χ1v) is 9.55. The summed E-state index contributed by atoms with van der Waals surface area (Å²) < 4.78 is 18.5. The van der Waals surface area contributed by atoms with E-state index < -0.39 is 18.4 Å². The minimum atomic E-state index is -0.864. The number of hydrogen-bond acceptors (Lipinski definition) is 4. The summed E-state index contributed by atoms with van der Waals surface area (Å²) in [7, 11) is 0. The predicted octanol–water partition coefficient (Wildman–Crippen LogP) is 3.63. The van der Waals surface area contributed by atoms with Crippen LogP contribution in [0.25, 0.3) is 0 Å². The highest BCUT2D eigenvalue weighted by Crippen LogP contribution is 2.25. The topological polar surface area (TPSA) is 49.9 Å². The summed E-state index contributed by atoms with van der Waals surface area (Å²) >= 11 is 11.5. The minimum Gasteiger partial charge on any atom is -0.452 e. The molecule has 0 aliphatic carbocycles. The maximum atomic E-state index is 13.5. The van der Waals surface area contributed by atoms with E-state index in [0.29, 0.717) is 13.1 Å². The van der Waals surface area contributed by atoms with Crippen molar-refractivity contribution in [3.63, 3.8) is 0 Å². The van der Waals surface area contributed by atoms with Crippen molar-refractivity contribution in [2.75, 3.05) is 32.8 Å². The quantitative estimate of drug-likeness (QED) is 0.543. The second-order valence-corrected chi connectivity index (χ2v) is 7.28. The second-order valence-electron chi connectivity index (χ2n) is 6.46. The summed E-state index contributed by atoms with van der Waals surface area (Å²) in [5, 5.41) is -0.218. The van der Waals surface area contributed by atoms with Crippen LogP contribution in [0, 0.1) is 5.82 Å². The van der Waals surface area contributed by atoms with Crippen molar-refractivity contribution < 1.29 is 18.7 Å². The Kier molecular flexibility index (Phi) is 6.88. The SMILES string of the molecule is O=C(OCC(=O)N1CCN(Cc2ccccc2)CC1)c1cc(F)c(Cl)cc1Cl. The molecular formula is C20H19Cl2FN2O3. The average molecular weight is 425 g/mol. The van der Waals surface area contributed by atoms with Gasteiger partial charge in [0.2, 0.25) is 0 Å². The standard InChI is InChI=1S/C20H19Cl2FN2O3/c21-16-11-17(22)18(23)10-15(16)20(27)28-13-19(26)25-8-6-24(7-9-25)12-14-4-2-1-3-5-14/h1-5,10-11H,6-9,12-13H2. The van der Waals surface area contributed by atoms with Crippen LogP contribution in [-0.2, 0) is 16.1 Å². The van der Waals surface area contributed by atoms with Gasteiger partial charge in [-0.3, -0.25) is 9.69 Å². The van der Waals surface area contributed by atoms with Crippen molar-refractivity contribution in [1.82, 2.24) is 9.80 Å². The zero-order valence-electron chi connectivity index (χ0n) is 15.0. The molecular weight excluding hydrogens is 406 g/mol. The van der Waals surface area contributed by atoms with Crippen molar-refractivity contribution in [2.24, 2.45) is 0 Å². The summed E-state index contributed by atoms with van der Waals surface area (Å²) in [6.07, 6.45) is 0. The molecule has 1 amide bonds. The lowest BCUT2D eigenvalue weighted by Gasteiger charge is -2.34. The molecule has 1 aliphatic rings. The maximum absolute atomic E-state index is 13.5. The third-order valence-electron chi connectivity index (χ3n) is 4.53. The van der Waals surface area contributed by atoms with Gasteiger partial charge in [0, 0.05) is 32.7 Å². The smallest absolute Gasteiger partial charge is 0.340 e. The van der Waals surface area contributed by atoms with Crippen LogP contribution in [0.1, 0.15) is 15.9 Å². The highest BCUT2D eigenvalue weighted by atomic mass is 35.5. The number of benzene rings is 2. The van der Waals surface area contributed by atoms with Gasteiger partial charge in [-0.05, 0) is 17.7 Å². The number of ether oxygens (including phenoxy) is 1. The lowest BCUT2D eigenvalue weighted by atomic mass is 10.2. The zero-order chi connectivity index (χ0) is 20.1. The third kappa shape index (κ3) is 5.22. The lowest BCUT2D eigenvalue weighted by molar-refractivity contribution is -0.136. The van der Waals surface area contributed by atoms with Crippen molar-refractivity contribution >= 4 is 35.1 Å². The molecule has 28 heavy (non-hydrogen) atoms. The van der Waals surface area contributed by atoms with Gasteiger partial charge in [-0.15, -0.1) is 0 Å².